The van der Waals surface area contributed by atoms with Crippen molar-refractivity contribution in [3.63, 3.8) is 0 Å². The van der Waals surface area contributed by atoms with Gasteiger partial charge in [-0.05, 0) is 56.8 Å². The molecule has 1 atom stereocenters. The molecule has 1 aromatic rings. The third kappa shape index (κ3) is 4.36. The van der Waals surface area contributed by atoms with Gasteiger partial charge >= 0.3 is 0 Å². The molecule has 2 saturated heterocycles. The first-order valence-electron chi connectivity index (χ1n) is 9.62. The standard InChI is InChI=1S/C20H29N3O3/c1-2-26-17-7-5-15(6-8-17)18-4-3-11-23(18)14-19(24)22-12-9-16(10-13-22)20(21)25/h5-8,16,18H,2-4,9-14H2,1H3,(H2,21,25). The van der Waals surface area contributed by atoms with Gasteiger partial charge in [0.25, 0.3) is 0 Å². The molecule has 6 heteroatoms. The van der Waals surface area contributed by atoms with Gasteiger partial charge in [0.15, 0.2) is 0 Å². The average Bonchev–Trinajstić information content (AvgIpc) is 3.11. The topological polar surface area (TPSA) is 75.9 Å². The Hall–Kier alpha value is -2.08. The highest BCUT2D eigenvalue weighted by molar-refractivity contribution is 5.80. The zero-order valence-electron chi connectivity index (χ0n) is 15.5. The molecule has 6 nitrogen and oxygen atoms in total. The molecule has 1 aromatic carbocycles. The van der Waals surface area contributed by atoms with Crippen molar-refractivity contribution in [3.05, 3.63) is 29.8 Å². The number of hydrogen-bond donors (Lipinski definition) is 1. The molecule has 142 valence electrons. The molecule has 2 heterocycles. The van der Waals surface area contributed by atoms with E-state index in [0.717, 1.165) is 25.1 Å². The maximum Gasteiger partial charge on any atom is 0.236 e. The number of nitrogens with two attached hydrogens (primary N) is 1. The van der Waals surface area contributed by atoms with Crippen LogP contribution in [0.5, 0.6) is 5.75 Å². The predicted octanol–water partition coefficient (Wildman–Crippen LogP) is 1.95. The number of hydrogen-bond acceptors (Lipinski definition) is 4. The molecule has 0 aliphatic carbocycles. The molecule has 3 rings (SSSR count). The van der Waals surface area contributed by atoms with E-state index in [1.165, 1.54) is 5.56 Å². The van der Waals surface area contributed by atoms with Gasteiger partial charge in [-0.2, -0.15) is 0 Å². The lowest BCUT2D eigenvalue weighted by atomic mass is 9.96. The van der Waals surface area contributed by atoms with E-state index in [0.29, 0.717) is 39.1 Å². The Morgan fingerprint density at radius 2 is 1.81 bits per heavy atom. The van der Waals surface area contributed by atoms with Crippen molar-refractivity contribution in [1.82, 2.24) is 9.80 Å². The highest BCUT2D eigenvalue weighted by atomic mass is 16.5. The zero-order chi connectivity index (χ0) is 18.5. The largest absolute Gasteiger partial charge is 0.494 e. The maximum atomic E-state index is 12.7. The van der Waals surface area contributed by atoms with Gasteiger partial charge in [-0.3, -0.25) is 14.5 Å². The fraction of sp³-hybridized carbons (Fsp3) is 0.600. The average molecular weight is 359 g/mol. The van der Waals surface area contributed by atoms with Gasteiger partial charge in [-0.15, -0.1) is 0 Å². The molecule has 1 unspecified atom stereocenters. The number of likely N-dealkylation sites (tertiary alicyclic amines) is 2. The monoisotopic (exact) mass is 359 g/mol. The third-order valence-corrected chi connectivity index (χ3v) is 5.53. The maximum absolute atomic E-state index is 12.7. The molecule has 0 bridgehead atoms. The Kier molecular flexibility index (Phi) is 6.14. The number of rotatable bonds is 6. The van der Waals surface area contributed by atoms with E-state index in [1.807, 2.05) is 24.0 Å². The third-order valence-electron chi connectivity index (χ3n) is 5.53. The minimum atomic E-state index is -0.243. The van der Waals surface area contributed by atoms with Crippen LogP contribution in [0.2, 0.25) is 0 Å². The second-order valence-corrected chi connectivity index (χ2v) is 7.19. The van der Waals surface area contributed by atoms with Crippen LogP contribution in [0, 0.1) is 5.92 Å². The Balaban J connectivity index is 1.56. The summed E-state index contributed by atoms with van der Waals surface area (Å²) in [4.78, 5) is 28.1. The summed E-state index contributed by atoms with van der Waals surface area (Å²) in [6, 6.07) is 8.52. The number of primary amides is 1. The lowest BCUT2D eigenvalue weighted by Crippen LogP contribution is -2.45. The van der Waals surface area contributed by atoms with Crippen LogP contribution in [-0.4, -0.2) is 54.4 Å². The van der Waals surface area contributed by atoms with E-state index in [2.05, 4.69) is 17.0 Å². The van der Waals surface area contributed by atoms with Gasteiger partial charge in [0.1, 0.15) is 5.75 Å². The quantitative estimate of drug-likeness (QED) is 0.842. The lowest BCUT2D eigenvalue weighted by Gasteiger charge is -2.33. The summed E-state index contributed by atoms with van der Waals surface area (Å²) in [5.74, 6) is 0.717. The van der Waals surface area contributed by atoms with Crippen molar-refractivity contribution in [2.75, 3.05) is 32.8 Å². The van der Waals surface area contributed by atoms with Crippen LogP contribution < -0.4 is 10.5 Å². The van der Waals surface area contributed by atoms with Crippen molar-refractivity contribution in [1.29, 1.82) is 0 Å². The first kappa shape index (κ1) is 18.7. The van der Waals surface area contributed by atoms with Gasteiger partial charge < -0.3 is 15.4 Å². The smallest absolute Gasteiger partial charge is 0.236 e. The van der Waals surface area contributed by atoms with E-state index in [9.17, 15) is 9.59 Å². The van der Waals surface area contributed by atoms with Gasteiger partial charge in [-0.25, -0.2) is 0 Å². The molecular weight excluding hydrogens is 330 g/mol. The molecule has 2 N–H and O–H groups in total. The summed E-state index contributed by atoms with van der Waals surface area (Å²) in [5, 5.41) is 0. The molecule has 0 saturated carbocycles. The lowest BCUT2D eigenvalue weighted by molar-refractivity contribution is -0.136. The molecule has 0 radical (unpaired) electrons. The van der Waals surface area contributed by atoms with Gasteiger partial charge in [-0.1, -0.05) is 12.1 Å². The molecule has 2 amide bonds. The summed E-state index contributed by atoms with van der Waals surface area (Å²) in [6.07, 6.45) is 3.55. The van der Waals surface area contributed by atoms with Crippen LogP contribution >= 0.6 is 0 Å². The summed E-state index contributed by atoms with van der Waals surface area (Å²) in [5.41, 5.74) is 6.62. The molecule has 0 aromatic heterocycles. The Morgan fingerprint density at radius 3 is 2.42 bits per heavy atom. The fourth-order valence-electron chi connectivity index (χ4n) is 4.03. The van der Waals surface area contributed by atoms with Crippen molar-refractivity contribution >= 4 is 11.8 Å². The second kappa shape index (κ2) is 8.54. The van der Waals surface area contributed by atoms with E-state index in [-0.39, 0.29) is 23.8 Å². The van der Waals surface area contributed by atoms with E-state index in [1.54, 1.807) is 0 Å². The summed E-state index contributed by atoms with van der Waals surface area (Å²) in [7, 11) is 0. The van der Waals surface area contributed by atoms with Crippen LogP contribution in [0.1, 0.15) is 44.2 Å². The first-order chi connectivity index (χ1) is 12.6. The van der Waals surface area contributed by atoms with Crippen LogP contribution in [0.3, 0.4) is 0 Å². The molecule has 2 aliphatic heterocycles. The zero-order valence-corrected chi connectivity index (χ0v) is 15.5. The van der Waals surface area contributed by atoms with Crippen LogP contribution in [0.15, 0.2) is 24.3 Å². The van der Waals surface area contributed by atoms with E-state index in [4.69, 9.17) is 10.5 Å². The highest BCUT2D eigenvalue weighted by Gasteiger charge is 2.31. The van der Waals surface area contributed by atoms with Crippen molar-refractivity contribution in [2.24, 2.45) is 11.7 Å². The molecule has 26 heavy (non-hydrogen) atoms. The van der Waals surface area contributed by atoms with Crippen LogP contribution in [-0.2, 0) is 9.59 Å². The number of nitrogens with zero attached hydrogens (tertiary/aromatic N) is 2. The second-order valence-electron chi connectivity index (χ2n) is 7.19. The van der Waals surface area contributed by atoms with Gasteiger partial charge in [0.05, 0.1) is 13.2 Å². The highest BCUT2D eigenvalue weighted by Crippen LogP contribution is 2.32. The number of ether oxygens (including phenoxy) is 1. The Morgan fingerprint density at radius 1 is 1.12 bits per heavy atom. The van der Waals surface area contributed by atoms with Gasteiger partial charge in [0, 0.05) is 25.0 Å². The SMILES string of the molecule is CCOc1ccc(C2CCCN2CC(=O)N2CCC(C(N)=O)CC2)cc1. The number of carbonyl (C=O) groups excluding carboxylic acids is 2. The Labute approximate surface area is 155 Å². The normalized spacial score (nSPS) is 21.7. The number of benzene rings is 1. The van der Waals surface area contributed by atoms with E-state index >= 15 is 0 Å². The molecule has 2 fully saturated rings. The first-order valence-corrected chi connectivity index (χ1v) is 9.62. The predicted molar refractivity (Wildman–Crippen MR) is 99.7 cm³/mol. The summed E-state index contributed by atoms with van der Waals surface area (Å²) >= 11 is 0. The minimum absolute atomic E-state index is 0.0811. The van der Waals surface area contributed by atoms with Crippen LogP contribution in [0.4, 0.5) is 0 Å². The fourth-order valence-corrected chi connectivity index (χ4v) is 4.03. The molecular formula is C20H29N3O3. The summed E-state index contributed by atoms with van der Waals surface area (Å²) < 4.78 is 5.51. The van der Waals surface area contributed by atoms with Crippen molar-refractivity contribution < 1.29 is 14.3 Å². The van der Waals surface area contributed by atoms with Gasteiger partial charge in [0.2, 0.25) is 11.8 Å². The molecule has 2 aliphatic rings. The number of piperidine rings is 1. The van der Waals surface area contributed by atoms with E-state index < -0.39 is 0 Å². The van der Waals surface area contributed by atoms with Crippen molar-refractivity contribution in [2.45, 2.75) is 38.6 Å². The van der Waals surface area contributed by atoms with Crippen LogP contribution in [0.25, 0.3) is 0 Å². The molecule has 0 spiro atoms. The summed E-state index contributed by atoms with van der Waals surface area (Å²) in [6.45, 7) is 5.29. The number of amides is 2. The minimum Gasteiger partial charge on any atom is -0.494 e. The van der Waals surface area contributed by atoms with Crippen molar-refractivity contribution in [3.8, 4) is 5.75 Å². The number of carbonyl (C=O) groups is 2. The Bertz CT molecular complexity index is 624.